The van der Waals surface area contributed by atoms with E-state index in [4.69, 9.17) is 9.47 Å². The predicted octanol–water partition coefficient (Wildman–Crippen LogP) is 7.03. The first-order valence-electron chi connectivity index (χ1n) is 12.7. The van der Waals surface area contributed by atoms with Crippen LogP contribution in [-0.2, 0) is 0 Å². The quantitative estimate of drug-likeness (QED) is 0.275. The lowest BCUT2D eigenvalue weighted by Gasteiger charge is -2.47. The van der Waals surface area contributed by atoms with Gasteiger partial charge in [-0.25, -0.2) is 0 Å². The van der Waals surface area contributed by atoms with Crippen LogP contribution in [0, 0.1) is 13.8 Å². The highest BCUT2D eigenvalue weighted by Gasteiger charge is 2.52. The van der Waals surface area contributed by atoms with Crippen molar-refractivity contribution in [2.24, 2.45) is 0 Å². The Morgan fingerprint density at radius 3 is 1.31 bits per heavy atom. The summed E-state index contributed by atoms with van der Waals surface area (Å²) >= 11 is 0. The van der Waals surface area contributed by atoms with E-state index in [1.165, 1.54) is 59.4 Å². The van der Waals surface area contributed by atoms with Crippen LogP contribution in [0.15, 0.2) is 24.3 Å². The van der Waals surface area contributed by atoms with E-state index in [9.17, 15) is 0 Å². The first-order chi connectivity index (χ1) is 15.2. The third kappa shape index (κ3) is 4.45. The summed E-state index contributed by atoms with van der Waals surface area (Å²) in [5, 5.41) is 3.11. The molecule has 176 valence electrons. The van der Waals surface area contributed by atoms with Gasteiger partial charge in [0.2, 0.25) is 0 Å². The molecule has 0 aromatic heterocycles. The fraction of sp³-hybridized carbons (Fsp3) is 0.571. The van der Waals surface area contributed by atoms with Gasteiger partial charge in [0, 0.05) is 0 Å². The van der Waals surface area contributed by atoms with Crippen molar-refractivity contribution >= 4 is 25.6 Å². The Hall–Kier alpha value is -1.53. The van der Waals surface area contributed by atoms with Gasteiger partial charge in [0.15, 0.2) is 0 Å². The van der Waals surface area contributed by atoms with Crippen molar-refractivity contribution in [3.8, 4) is 22.6 Å². The normalized spacial score (nSPS) is 15.8. The van der Waals surface area contributed by atoms with Gasteiger partial charge in [0.05, 0.1) is 28.4 Å². The SMILES string of the molecule is CCCCCOc1c(C)ccc2c1[Si](C)(C)[Si](C)(C)c1c-2ccc(C)c1OCCCCC. The molecular weight excluding hydrogens is 424 g/mol. The summed E-state index contributed by atoms with van der Waals surface area (Å²) < 4.78 is 13.1. The maximum absolute atomic E-state index is 6.55. The minimum Gasteiger partial charge on any atom is -0.493 e. The molecule has 1 heterocycles. The molecule has 1 aliphatic rings. The van der Waals surface area contributed by atoms with Crippen molar-refractivity contribution in [3.05, 3.63) is 35.4 Å². The first-order valence-corrected chi connectivity index (χ1v) is 19.7. The van der Waals surface area contributed by atoms with Gasteiger partial charge < -0.3 is 9.47 Å². The van der Waals surface area contributed by atoms with Gasteiger partial charge >= 0.3 is 0 Å². The molecule has 2 aromatic carbocycles. The van der Waals surface area contributed by atoms with Gasteiger partial charge in [-0.2, -0.15) is 0 Å². The summed E-state index contributed by atoms with van der Waals surface area (Å²) in [7, 11) is -3.62. The predicted molar refractivity (Wildman–Crippen MR) is 146 cm³/mol. The van der Waals surface area contributed by atoms with Crippen molar-refractivity contribution in [2.45, 2.75) is 92.4 Å². The van der Waals surface area contributed by atoms with Crippen LogP contribution in [0.25, 0.3) is 11.1 Å². The Bertz CT molecular complexity index is 869. The molecule has 0 unspecified atom stereocenters. The molecule has 0 bridgehead atoms. The molecule has 32 heavy (non-hydrogen) atoms. The third-order valence-electron chi connectivity index (χ3n) is 7.80. The van der Waals surface area contributed by atoms with Crippen molar-refractivity contribution in [1.82, 2.24) is 0 Å². The highest BCUT2D eigenvalue weighted by molar-refractivity contribution is 7.51. The Morgan fingerprint density at radius 1 is 0.594 bits per heavy atom. The average molecular weight is 469 g/mol. The fourth-order valence-electron chi connectivity index (χ4n) is 5.11. The maximum Gasteiger partial charge on any atom is 0.121 e. The third-order valence-corrected chi connectivity index (χ3v) is 25.3. The summed E-state index contributed by atoms with van der Waals surface area (Å²) in [6.45, 7) is 20.9. The molecule has 0 atom stereocenters. The zero-order valence-electron chi connectivity index (χ0n) is 21.8. The highest BCUT2D eigenvalue weighted by atomic mass is 29.3. The first kappa shape index (κ1) is 25.1. The topological polar surface area (TPSA) is 18.5 Å². The van der Waals surface area contributed by atoms with Crippen LogP contribution in [0.1, 0.15) is 63.5 Å². The van der Waals surface area contributed by atoms with Gasteiger partial charge in [-0.1, -0.05) is 90.0 Å². The van der Waals surface area contributed by atoms with Crippen LogP contribution >= 0.6 is 0 Å². The van der Waals surface area contributed by atoms with Gasteiger partial charge in [-0.05, 0) is 59.3 Å². The van der Waals surface area contributed by atoms with E-state index in [1.807, 2.05) is 0 Å². The molecule has 0 N–H and O–H groups in total. The molecular formula is C28H44O2Si2. The molecule has 0 aliphatic carbocycles. The van der Waals surface area contributed by atoms with E-state index in [0.717, 1.165) is 26.1 Å². The van der Waals surface area contributed by atoms with Gasteiger partial charge in [0.1, 0.15) is 11.5 Å². The number of rotatable bonds is 10. The lowest BCUT2D eigenvalue weighted by Crippen LogP contribution is -2.72. The maximum atomic E-state index is 6.55. The average Bonchev–Trinajstić information content (AvgIpc) is 2.74. The number of hydrogen-bond donors (Lipinski definition) is 0. The molecule has 3 rings (SSSR count). The zero-order chi connectivity index (χ0) is 23.5. The van der Waals surface area contributed by atoms with Crippen LogP contribution in [0.5, 0.6) is 11.5 Å². The van der Waals surface area contributed by atoms with Crippen molar-refractivity contribution in [1.29, 1.82) is 0 Å². The second kappa shape index (κ2) is 10.2. The number of fused-ring (bicyclic) bond motifs is 3. The molecule has 0 saturated carbocycles. The summed E-state index contributed by atoms with van der Waals surface area (Å²) in [5.41, 5.74) is 5.38. The van der Waals surface area contributed by atoms with E-state index >= 15 is 0 Å². The number of hydrogen-bond acceptors (Lipinski definition) is 2. The minimum absolute atomic E-state index is 0.824. The molecule has 1 aliphatic heterocycles. The van der Waals surface area contributed by atoms with Crippen LogP contribution in [-0.4, -0.2) is 28.4 Å². The van der Waals surface area contributed by atoms with Crippen LogP contribution in [0.2, 0.25) is 26.2 Å². The van der Waals surface area contributed by atoms with Crippen LogP contribution in [0.3, 0.4) is 0 Å². The highest BCUT2D eigenvalue weighted by Crippen LogP contribution is 2.40. The zero-order valence-corrected chi connectivity index (χ0v) is 23.8. The van der Waals surface area contributed by atoms with E-state index in [-0.39, 0.29) is 0 Å². The molecule has 4 heteroatoms. The van der Waals surface area contributed by atoms with Gasteiger partial charge in [-0.3, -0.25) is 0 Å². The Labute approximate surface area is 198 Å². The lowest BCUT2D eigenvalue weighted by molar-refractivity contribution is 0.306. The summed E-state index contributed by atoms with van der Waals surface area (Å²) in [6.07, 6.45) is 7.18. The fourth-order valence-corrected chi connectivity index (χ4v) is 15.1. The van der Waals surface area contributed by atoms with E-state index in [2.05, 4.69) is 78.1 Å². The second-order valence-electron chi connectivity index (χ2n) is 10.6. The molecule has 0 saturated heterocycles. The smallest absolute Gasteiger partial charge is 0.121 e. The van der Waals surface area contributed by atoms with E-state index < -0.39 is 15.2 Å². The van der Waals surface area contributed by atoms with Crippen molar-refractivity contribution in [2.75, 3.05) is 13.2 Å². The largest absolute Gasteiger partial charge is 0.493 e. The molecule has 0 radical (unpaired) electrons. The Kier molecular flexibility index (Phi) is 7.98. The minimum atomic E-state index is -1.81. The summed E-state index contributed by atoms with van der Waals surface area (Å²) in [4.78, 5) is 0. The number of unbranched alkanes of at least 4 members (excludes halogenated alkanes) is 4. The van der Waals surface area contributed by atoms with Gasteiger partial charge in [-0.15, -0.1) is 0 Å². The lowest BCUT2D eigenvalue weighted by atomic mass is 10.0. The number of ether oxygens (including phenoxy) is 2. The number of aryl methyl sites for hydroxylation is 2. The van der Waals surface area contributed by atoms with Crippen molar-refractivity contribution in [3.63, 3.8) is 0 Å². The molecule has 0 spiro atoms. The monoisotopic (exact) mass is 468 g/mol. The van der Waals surface area contributed by atoms with E-state index in [1.54, 1.807) is 10.4 Å². The number of benzene rings is 2. The Balaban J connectivity index is 2.16. The van der Waals surface area contributed by atoms with Crippen LogP contribution < -0.4 is 19.8 Å². The standard InChI is InChI=1S/C28H44O2Si2/c1-9-11-13-19-29-25-21(3)15-17-23-24-18-16-22(4)26(30-20-14-12-10-2)28(24)32(7,8)31(5,6)27(23)25/h15-18H,9-14,19-20H2,1-8H3. The molecule has 2 aromatic rings. The molecule has 0 fully saturated rings. The summed E-state index contributed by atoms with van der Waals surface area (Å²) in [5.74, 6) is 2.37. The second-order valence-corrected chi connectivity index (χ2v) is 25.6. The molecule has 2 nitrogen and oxygen atoms in total. The van der Waals surface area contributed by atoms with E-state index in [0.29, 0.717) is 0 Å². The van der Waals surface area contributed by atoms with Crippen molar-refractivity contribution < 1.29 is 9.47 Å². The molecule has 0 amide bonds. The van der Waals surface area contributed by atoms with Crippen LogP contribution in [0.4, 0.5) is 0 Å². The Morgan fingerprint density at radius 2 is 0.969 bits per heavy atom. The van der Waals surface area contributed by atoms with Gasteiger partial charge in [0.25, 0.3) is 0 Å². The summed E-state index contributed by atoms with van der Waals surface area (Å²) in [6, 6.07) is 9.25.